The largest absolute Gasteiger partial charge is 0.493 e. The van der Waals surface area contributed by atoms with Crippen molar-refractivity contribution < 1.29 is 19.1 Å². The molecule has 0 fully saturated rings. The molecule has 0 unspecified atom stereocenters. The average Bonchev–Trinajstić information content (AvgIpc) is 2.85. The second kappa shape index (κ2) is 11.9. The molecule has 8 heteroatoms. The lowest BCUT2D eigenvalue weighted by Gasteiger charge is -2.14. The highest BCUT2D eigenvalue weighted by Crippen LogP contribution is 2.37. The van der Waals surface area contributed by atoms with E-state index in [9.17, 15) is 14.9 Å². The molecule has 3 rings (SSSR count). The van der Waals surface area contributed by atoms with Crippen LogP contribution in [0.15, 0.2) is 60.2 Å². The summed E-state index contributed by atoms with van der Waals surface area (Å²) in [5.74, 6) is -0.488. The predicted octanol–water partition coefficient (Wildman–Crippen LogP) is 5.84. The van der Waals surface area contributed by atoms with Gasteiger partial charge in [-0.2, -0.15) is 5.26 Å². The Morgan fingerprint density at radius 1 is 0.972 bits per heavy atom. The molecule has 0 aliphatic carbocycles. The molecule has 0 heterocycles. The highest BCUT2D eigenvalue weighted by molar-refractivity contribution is 6.32. The number of aryl methyl sites for hydroxylation is 3. The molecule has 0 bridgehead atoms. The molecule has 0 aliphatic heterocycles. The molecule has 0 aliphatic rings. The van der Waals surface area contributed by atoms with Crippen LogP contribution >= 0.6 is 11.6 Å². The Balaban J connectivity index is 1.73. The Hall–Kier alpha value is -4.28. The molecule has 0 saturated carbocycles. The van der Waals surface area contributed by atoms with Crippen LogP contribution in [-0.2, 0) is 9.59 Å². The van der Waals surface area contributed by atoms with Crippen molar-refractivity contribution >= 4 is 40.9 Å². The van der Waals surface area contributed by atoms with Gasteiger partial charge in [-0.15, -0.1) is 0 Å². The summed E-state index contributed by atoms with van der Waals surface area (Å²) < 4.78 is 11.0. The van der Waals surface area contributed by atoms with E-state index >= 15 is 0 Å². The molecule has 7 nitrogen and oxygen atoms in total. The number of carbonyl (C=O) groups is 2. The van der Waals surface area contributed by atoms with Gasteiger partial charge in [-0.1, -0.05) is 35.4 Å². The van der Waals surface area contributed by atoms with Crippen LogP contribution in [0.4, 0.5) is 11.4 Å². The second-order valence-electron chi connectivity index (χ2n) is 8.16. The number of hydrogen-bond donors (Lipinski definition) is 2. The van der Waals surface area contributed by atoms with Gasteiger partial charge in [-0.3, -0.25) is 9.59 Å². The van der Waals surface area contributed by atoms with Gasteiger partial charge < -0.3 is 20.1 Å². The van der Waals surface area contributed by atoms with Crippen molar-refractivity contribution in [2.45, 2.75) is 20.8 Å². The Morgan fingerprint density at radius 3 is 2.31 bits per heavy atom. The number of anilines is 2. The molecule has 3 aromatic rings. The maximum atomic E-state index is 12.6. The van der Waals surface area contributed by atoms with Crippen molar-refractivity contribution in [2.24, 2.45) is 0 Å². The number of ether oxygens (including phenoxy) is 2. The number of amides is 2. The van der Waals surface area contributed by atoms with E-state index in [1.165, 1.54) is 19.3 Å². The van der Waals surface area contributed by atoms with Crippen LogP contribution in [-0.4, -0.2) is 25.5 Å². The number of nitriles is 1. The smallest absolute Gasteiger partial charge is 0.266 e. The summed E-state index contributed by atoms with van der Waals surface area (Å²) in [6.45, 7) is 5.60. The number of rotatable bonds is 8. The number of carbonyl (C=O) groups excluding carboxylic acids is 2. The molecule has 3 aromatic carbocycles. The Kier molecular flexibility index (Phi) is 8.71. The van der Waals surface area contributed by atoms with E-state index in [-0.39, 0.29) is 34.6 Å². The van der Waals surface area contributed by atoms with Crippen LogP contribution in [0.1, 0.15) is 22.3 Å². The fraction of sp³-hybridized carbons (Fsp3) is 0.179. The monoisotopic (exact) mass is 503 g/mol. The first-order valence-electron chi connectivity index (χ1n) is 11.1. The van der Waals surface area contributed by atoms with Gasteiger partial charge in [0.2, 0.25) is 0 Å². The molecule has 2 amide bonds. The van der Waals surface area contributed by atoms with Gasteiger partial charge in [0.05, 0.1) is 12.1 Å². The van der Waals surface area contributed by atoms with Crippen LogP contribution in [0.5, 0.6) is 11.5 Å². The van der Waals surface area contributed by atoms with Crippen LogP contribution in [0.2, 0.25) is 5.02 Å². The average molecular weight is 504 g/mol. The number of nitrogens with one attached hydrogen (secondary N) is 2. The number of hydrogen-bond acceptors (Lipinski definition) is 5. The van der Waals surface area contributed by atoms with Gasteiger partial charge in [0.15, 0.2) is 18.1 Å². The Morgan fingerprint density at radius 2 is 1.67 bits per heavy atom. The lowest BCUT2D eigenvalue weighted by atomic mass is 10.1. The molecule has 0 radical (unpaired) electrons. The second-order valence-corrected chi connectivity index (χ2v) is 8.57. The molecule has 184 valence electrons. The SMILES string of the molecule is COc1cc(/C=C(/C#N)C(=O)Nc2ccc(C)cc2)cc(Cl)c1OCC(=O)Nc1ccc(C)c(C)c1. The molecule has 0 aromatic heterocycles. The summed E-state index contributed by atoms with van der Waals surface area (Å²) in [6, 6.07) is 17.8. The third kappa shape index (κ3) is 6.87. The summed E-state index contributed by atoms with van der Waals surface area (Å²) >= 11 is 6.40. The number of benzene rings is 3. The third-order valence-electron chi connectivity index (χ3n) is 5.38. The lowest BCUT2D eigenvalue weighted by molar-refractivity contribution is -0.118. The first kappa shape index (κ1) is 26.3. The van der Waals surface area contributed by atoms with Gasteiger partial charge >= 0.3 is 0 Å². The molecule has 0 atom stereocenters. The number of methoxy groups -OCH3 is 1. The minimum absolute atomic E-state index is 0.116. The van der Waals surface area contributed by atoms with Crippen LogP contribution < -0.4 is 20.1 Å². The van der Waals surface area contributed by atoms with E-state index in [1.54, 1.807) is 18.2 Å². The van der Waals surface area contributed by atoms with Gasteiger partial charge in [0, 0.05) is 11.4 Å². The van der Waals surface area contributed by atoms with E-state index < -0.39 is 5.91 Å². The minimum Gasteiger partial charge on any atom is -0.493 e. The summed E-state index contributed by atoms with van der Waals surface area (Å²) in [7, 11) is 1.43. The van der Waals surface area contributed by atoms with Crippen molar-refractivity contribution in [2.75, 3.05) is 24.4 Å². The topological polar surface area (TPSA) is 100 Å². The van der Waals surface area contributed by atoms with Crippen LogP contribution in [0.3, 0.4) is 0 Å². The standard InChI is InChI=1S/C28H26ClN3O4/c1-17-5-8-22(9-6-17)32-28(34)21(15-30)12-20-13-24(29)27(25(14-20)35-4)36-16-26(33)31-23-10-7-18(2)19(3)11-23/h5-14H,16H2,1-4H3,(H,31,33)(H,32,34)/b21-12-. The zero-order valence-corrected chi connectivity index (χ0v) is 21.2. The lowest BCUT2D eigenvalue weighted by Crippen LogP contribution is -2.20. The fourth-order valence-corrected chi connectivity index (χ4v) is 3.54. The zero-order chi connectivity index (χ0) is 26.2. The summed E-state index contributed by atoms with van der Waals surface area (Å²) in [5.41, 5.74) is 4.82. The Labute approximate surface area is 215 Å². The molecular formula is C28H26ClN3O4. The van der Waals surface area contributed by atoms with E-state index in [0.717, 1.165) is 16.7 Å². The van der Waals surface area contributed by atoms with Crippen molar-refractivity contribution in [3.05, 3.63) is 87.4 Å². The summed E-state index contributed by atoms with van der Waals surface area (Å²) in [4.78, 5) is 24.9. The van der Waals surface area contributed by atoms with E-state index in [0.29, 0.717) is 16.9 Å². The third-order valence-corrected chi connectivity index (χ3v) is 5.66. The van der Waals surface area contributed by atoms with Gasteiger partial charge in [-0.25, -0.2) is 0 Å². The van der Waals surface area contributed by atoms with Crippen molar-refractivity contribution in [3.63, 3.8) is 0 Å². The first-order chi connectivity index (χ1) is 17.2. The molecule has 0 saturated heterocycles. The zero-order valence-electron chi connectivity index (χ0n) is 20.4. The predicted molar refractivity (Wildman–Crippen MR) is 141 cm³/mol. The van der Waals surface area contributed by atoms with Gasteiger partial charge in [-0.05, 0) is 79.9 Å². The van der Waals surface area contributed by atoms with Crippen LogP contribution in [0.25, 0.3) is 6.08 Å². The quantitative estimate of drug-likeness (QED) is 0.297. The van der Waals surface area contributed by atoms with Crippen LogP contribution in [0, 0.1) is 32.1 Å². The Bertz CT molecular complexity index is 1360. The highest BCUT2D eigenvalue weighted by Gasteiger charge is 2.16. The maximum absolute atomic E-state index is 12.6. The molecule has 36 heavy (non-hydrogen) atoms. The van der Waals surface area contributed by atoms with Gasteiger partial charge in [0.25, 0.3) is 11.8 Å². The minimum atomic E-state index is -0.556. The van der Waals surface area contributed by atoms with Crippen molar-refractivity contribution in [3.8, 4) is 17.6 Å². The van der Waals surface area contributed by atoms with E-state index in [1.807, 2.05) is 57.2 Å². The summed E-state index contributed by atoms with van der Waals surface area (Å²) in [5, 5.41) is 15.2. The highest BCUT2D eigenvalue weighted by atomic mass is 35.5. The normalized spacial score (nSPS) is 10.8. The molecule has 0 spiro atoms. The van der Waals surface area contributed by atoms with Crippen molar-refractivity contribution in [1.82, 2.24) is 0 Å². The van der Waals surface area contributed by atoms with Crippen molar-refractivity contribution in [1.29, 1.82) is 5.26 Å². The first-order valence-corrected chi connectivity index (χ1v) is 11.4. The number of nitrogens with zero attached hydrogens (tertiary/aromatic N) is 1. The molecule has 2 N–H and O–H groups in total. The number of halogens is 1. The summed E-state index contributed by atoms with van der Waals surface area (Å²) in [6.07, 6.45) is 1.40. The van der Waals surface area contributed by atoms with Gasteiger partial charge in [0.1, 0.15) is 11.6 Å². The maximum Gasteiger partial charge on any atom is 0.266 e. The molecular weight excluding hydrogens is 478 g/mol. The van der Waals surface area contributed by atoms with E-state index in [4.69, 9.17) is 21.1 Å². The van der Waals surface area contributed by atoms with E-state index in [2.05, 4.69) is 10.6 Å². The fourth-order valence-electron chi connectivity index (χ4n) is 3.27.